The lowest BCUT2D eigenvalue weighted by molar-refractivity contribution is -0.139. The molecule has 0 aliphatic rings. The molecule has 0 spiro atoms. The first-order valence-electron chi connectivity index (χ1n) is 8.93. The number of aromatic amines is 1. The molecule has 9 heteroatoms. The third-order valence-corrected chi connectivity index (χ3v) is 5.74. The van der Waals surface area contributed by atoms with Crippen molar-refractivity contribution in [3.05, 3.63) is 76.6 Å². The second-order valence-electron chi connectivity index (χ2n) is 6.71. The molecule has 30 heavy (non-hydrogen) atoms. The third-order valence-electron chi connectivity index (χ3n) is 4.43. The first-order chi connectivity index (χ1) is 14.1. The summed E-state index contributed by atoms with van der Waals surface area (Å²) in [5.74, 6) is -0.600. The number of thioether (sulfide) groups is 1. The van der Waals surface area contributed by atoms with Crippen molar-refractivity contribution in [1.29, 1.82) is 0 Å². The second-order valence-corrected chi connectivity index (χ2v) is 7.89. The van der Waals surface area contributed by atoms with Crippen LogP contribution < -0.4 is 4.74 Å². The number of nitrogens with zero attached hydrogens (tertiary/aromatic N) is 1. The summed E-state index contributed by atoms with van der Waals surface area (Å²) in [6.45, 7) is 2.81. The van der Waals surface area contributed by atoms with Gasteiger partial charge in [0.05, 0.1) is 17.0 Å². The van der Waals surface area contributed by atoms with Crippen LogP contribution >= 0.6 is 11.8 Å². The average Bonchev–Trinajstić information content (AvgIpc) is 3.18. The van der Waals surface area contributed by atoms with Crippen LogP contribution in [-0.2, 0) is 11.0 Å². The molecule has 1 aromatic heterocycles. The molecule has 0 fully saturated rings. The van der Waals surface area contributed by atoms with Crippen molar-refractivity contribution in [2.24, 2.45) is 0 Å². The number of carboxylic acid groups (broad SMARTS) is 1. The molecule has 0 aliphatic carbocycles. The van der Waals surface area contributed by atoms with E-state index in [1.54, 1.807) is 37.5 Å². The molecule has 1 atom stereocenters. The lowest BCUT2D eigenvalue weighted by atomic mass is 10.0. The Morgan fingerprint density at radius 3 is 2.50 bits per heavy atom. The molecule has 1 unspecified atom stereocenters. The lowest BCUT2D eigenvalue weighted by Crippen LogP contribution is -2.10. The SMILES string of the molecule is Cc1cc(SC(c2cn[nH]c2)c2ccc(C(F)(F)F)c(C)c2)ccc1OCC(=O)O. The minimum atomic E-state index is -4.40. The van der Waals surface area contributed by atoms with Crippen LogP contribution in [0.2, 0.25) is 0 Å². The Kier molecular flexibility index (Phi) is 6.40. The van der Waals surface area contributed by atoms with Gasteiger partial charge in [-0.15, -0.1) is 11.8 Å². The van der Waals surface area contributed by atoms with Gasteiger partial charge in [-0.05, 0) is 54.8 Å². The quantitative estimate of drug-likeness (QED) is 0.486. The normalized spacial score (nSPS) is 12.6. The second kappa shape index (κ2) is 8.83. The van der Waals surface area contributed by atoms with E-state index in [-0.39, 0.29) is 10.8 Å². The van der Waals surface area contributed by atoms with Gasteiger partial charge in [-0.25, -0.2) is 4.79 Å². The third kappa shape index (κ3) is 5.15. The molecule has 3 rings (SSSR count). The molecule has 0 aliphatic heterocycles. The van der Waals surface area contributed by atoms with Gasteiger partial charge in [-0.1, -0.05) is 12.1 Å². The minimum absolute atomic E-state index is 0.155. The molecule has 2 aromatic carbocycles. The maximum Gasteiger partial charge on any atom is 0.416 e. The predicted molar refractivity (Wildman–Crippen MR) is 107 cm³/mol. The van der Waals surface area contributed by atoms with Gasteiger partial charge in [0.25, 0.3) is 0 Å². The van der Waals surface area contributed by atoms with E-state index in [0.29, 0.717) is 5.75 Å². The van der Waals surface area contributed by atoms with Gasteiger partial charge < -0.3 is 9.84 Å². The largest absolute Gasteiger partial charge is 0.482 e. The van der Waals surface area contributed by atoms with Gasteiger partial charge in [0.15, 0.2) is 6.61 Å². The summed E-state index contributed by atoms with van der Waals surface area (Å²) >= 11 is 1.46. The Balaban J connectivity index is 1.90. The molecule has 3 aromatic rings. The number of carboxylic acids is 1. The van der Waals surface area contributed by atoms with Crippen LogP contribution in [0.1, 0.15) is 33.1 Å². The predicted octanol–water partition coefficient (Wildman–Crippen LogP) is 5.39. The highest BCUT2D eigenvalue weighted by atomic mass is 32.2. The monoisotopic (exact) mass is 436 g/mol. The number of aryl methyl sites for hydroxylation is 2. The highest BCUT2D eigenvalue weighted by Gasteiger charge is 2.32. The molecule has 0 amide bonds. The highest BCUT2D eigenvalue weighted by molar-refractivity contribution is 7.99. The number of rotatable bonds is 7. The van der Waals surface area contributed by atoms with Gasteiger partial charge in [0.1, 0.15) is 5.75 Å². The first-order valence-corrected chi connectivity index (χ1v) is 9.81. The topological polar surface area (TPSA) is 75.2 Å². The number of carbonyl (C=O) groups is 1. The maximum atomic E-state index is 13.1. The van der Waals surface area contributed by atoms with Crippen molar-refractivity contribution in [1.82, 2.24) is 10.2 Å². The Morgan fingerprint density at radius 2 is 1.93 bits per heavy atom. The standard InChI is InChI=1S/C21H19F3N2O3S/c1-12-7-14(3-5-17(12)21(22,23)24)20(15-9-25-26-10-15)30-16-4-6-18(13(2)8-16)29-11-19(27)28/h3-10,20H,11H2,1-2H3,(H,25,26)(H,27,28). The number of ether oxygens (including phenoxy) is 1. The van der Waals surface area contributed by atoms with Crippen LogP contribution in [0, 0.1) is 13.8 Å². The smallest absolute Gasteiger partial charge is 0.416 e. The summed E-state index contributed by atoms with van der Waals surface area (Å²) in [7, 11) is 0. The molecule has 0 bridgehead atoms. The molecular formula is C21H19F3N2O3S. The summed E-state index contributed by atoms with van der Waals surface area (Å²) in [4.78, 5) is 11.5. The van der Waals surface area contributed by atoms with Crippen LogP contribution in [0.25, 0.3) is 0 Å². The Morgan fingerprint density at radius 1 is 1.17 bits per heavy atom. The lowest BCUT2D eigenvalue weighted by Gasteiger charge is -2.19. The van der Waals surface area contributed by atoms with Gasteiger partial charge >= 0.3 is 12.1 Å². The zero-order chi connectivity index (χ0) is 21.9. The highest BCUT2D eigenvalue weighted by Crippen LogP contribution is 2.42. The molecule has 2 N–H and O–H groups in total. The zero-order valence-electron chi connectivity index (χ0n) is 16.2. The van der Waals surface area contributed by atoms with E-state index in [1.165, 1.54) is 24.8 Å². The Hall–Kier alpha value is -2.94. The van der Waals surface area contributed by atoms with Gasteiger partial charge in [0.2, 0.25) is 0 Å². The van der Waals surface area contributed by atoms with E-state index in [2.05, 4.69) is 10.2 Å². The summed E-state index contributed by atoms with van der Waals surface area (Å²) in [5.41, 5.74) is 1.80. The molecule has 158 valence electrons. The number of aliphatic carboxylic acids is 1. The van der Waals surface area contributed by atoms with Crippen LogP contribution in [0.3, 0.4) is 0 Å². The van der Waals surface area contributed by atoms with E-state index < -0.39 is 24.3 Å². The Bertz CT molecular complexity index is 1040. The van der Waals surface area contributed by atoms with Crippen molar-refractivity contribution < 1.29 is 27.8 Å². The number of nitrogens with one attached hydrogen (secondary N) is 1. The van der Waals surface area contributed by atoms with E-state index in [1.807, 2.05) is 6.07 Å². The molecule has 0 radical (unpaired) electrons. The van der Waals surface area contributed by atoms with Gasteiger partial charge in [-0.3, -0.25) is 5.10 Å². The van der Waals surface area contributed by atoms with Crippen LogP contribution in [0.5, 0.6) is 5.75 Å². The molecule has 0 saturated heterocycles. The zero-order valence-corrected chi connectivity index (χ0v) is 17.0. The van der Waals surface area contributed by atoms with Crippen molar-refractivity contribution >= 4 is 17.7 Å². The van der Waals surface area contributed by atoms with E-state index in [4.69, 9.17) is 9.84 Å². The summed E-state index contributed by atoms with van der Waals surface area (Å²) in [5, 5.41) is 15.2. The van der Waals surface area contributed by atoms with E-state index >= 15 is 0 Å². The summed E-state index contributed by atoms with van der Waals surface area (Å²) in [6, 6.07) is 9.46. The fourth-order valence-corrected chi connectivity index (χ4v) is 4.24. The molecular weight excluding hydrogens is 417 g/mol. The van der Waals surface area contributed by atoms with Crippen LogP contribution in [0.15, 0.2) is 53.7 Å². The number of benzene rings is 2. The van der Waals surface area contributed by atoms with Gasteiger partial charge in [-0.2, -0.15) is 18.3 Å². The van der Waals surface area contributed by atoms with Crippen LogP contribution in [0.4, 0.5) is 13.2 Å². The molecule has 0 saturated carbocycles. The summed E-state index contributed by atoms with van der Waals surface area (Å²) in [6.07, 6.45) is -1.05. The van der Waals surface area contributed by atoms with Crippen molar-refractivity contribution in [2.45, 2.75) is 30.2 Å². The van der Waals surface area contributed by atoms with Crippen molar-refractivity contribution in [2.75, 3.05) is 6.61 Å². The Labute approximate surface area is 175 Å². The van der Waals surface area contributed by atoms with Crippen molar-refractivity contribution in [3.63, 3.8) is 0 Å². The number of alkyl halides is 3. The minimum Gasteiger partial charge on any atom is -0.482 e. The number of H-pyrrole nitrogens is 1. The number of hydrogen-bond donors (Lipinski definition) is 2. The number of aromatic nitrogens is 2. The fourth-order valence-electron chi connectivity index (χ4n) is 3.03. The number of hydrogen-bond acceptors (Lipinski definition) is 4. The molecule has 5 nitrogen and oxygen atoms in total. The van der Waals surface area contributed by atoms with Crippen molar-refractivity contribution in [3.8, 4) is 5.75 Å². The van der Waals surface area contributed by atoms with Crippen LogP contribution in [-0.4, -0.2) is 27.9 Å². The van der Waals surface area contributed by atoms with Gasteiger partial charge in [0, 0.05) is 16.7 Å². The summed E-state index contributed by atoms with van der Waals surface area (Å²) < 4.78 is 44.6. The number of halogens is 3. The first kappa shape index (κ1) is 21.8. The molecule has 1 heterocycles. The average molecular weight is 436 g/mol. The van der Waals surface area contributed by atoms with E-state index in [9.17, 15) is 18.0 Å². The van der Waals surface area contributed by atoms with E-state index in [0.717, 1.165) is 27.7 Å². The maximum absolute atomic E-state index is 13.1. The fraction of sp³-hybridized carbons (Fsp3) is 0.238.